The van der Waals surface area contributed by atoms with Crippen LogP contribution < -0.4 is 5.73 Å². The molecule has 2 unspecified atom stereocenters. The molecule has 0 aromatic heterocycles. The smallest absolute Gasteiger partial charge is 0.407 e. The number of likely N-dealkylation sites (N-methyl/N-ethyl adjacent to an activating group) is 1. The van der Waals surface area contributed by atoms with E-state index >= 15 is 0 Å². The predicted molar refractivity (Wildman–Crippen MR) is 56.8 cm³/mol. The van der Waals surface area contributed by atoms with Gasteiger partial charge in [-0.25, -0.2) is 4.79 Å². The number of nitrogens with zero attached hydrogens (tertiary/aromatic N) is 1. The fourth-order valence-electron chi connectivity index (χ4n) is 1.95. The van der Waals surface area contributed by atoms with Crippen molar-refractivity contribution < 1.29 is 14.6 Å². The normalized spacial score (nSPS) is 23.5. The van der Waals surface area contributed by atoms with Crippen molar-refractivity contribution in [2.24, 2.45) is 11.7 Å². The molecule has 15 heavy (non-hydrogen) atoms. The van der Waals surface area contributed by atoms with Crippen LogP contribution >= 0.6 is 0 Å². The maximum absolute atomic E-state index is 10.8. The molecule has 1 aliphatic rings. The highest BCUT2D eigenvalue weighted by Crippen LogP contribution is 2.20. The lowest BCUT2D eigenvalue weighted by Crippen LogP contribution is -2.43. The van der Waals surface area contributed by atoms with E-state index in [-0.39, 0.29) is 6.04 Å². The molecular weight excluding hydrogens is 196 g/mol. The molecule has 1 fully saturated rings. The molecule has 1 saturated heterocycles. The van der Waals surface area contributed by atoms with Crippen molar-refractivity contribution in [2.75, 3.05) is 26.8 Å². The van der Waals surface area contributed by atoms with E-state index in [4.69, 9.17) is 15.6 Å². The molecule has 5 heteroatoms. The number of carbonyl (C=O) groups is 1. The molecule has 0 aromatic carbocycles. The zero-order chi connectivity index (χ0) is 11.3. The van der Waals surface area contributed by atoms with Gasteiger partial charge in [-0.1, -0.05) is 0 Å². The van der Waals surface area contributed by atoms with Crippen molar-refractivity contribution in [2.45, 2.75) is 25.3 Å². The first-order chi connectivity index (χ1) is 7.15. The average molecular weight is 216 g/mol. The van der Waals surface area contributed by atoms with Gasteiger partial charge >= 0.3 is 6.09 Å². The second kappa shape index (κ2) is 5.92. The lowest BCUT2D eigenvalue weighted by Gasteiger charge is -2.30. The van der Waals surface area contributed by atoms with E-state index in [2.05, 4.69) is 0 Å². The molecular formula is C10H20N2O3. The Kier molecular flexibility index (Phi) is 4.84. The zero-order valence-corrected chi connectivity index (χ0v) is 9.19. The van der Waals surface area contributed by atoms with Gasteiger partial charge in [-0.3, -0.25) is 0 Å². The Bertz CT molecular complexity index is 205. The monoisotopic (exact) mass is 216 g/mol. The van der Waals surface area contributed by atoms with Gasteiger partial charge < -0.3 is 20.5 Å². The summed E-state index contributed by atoms with van der Waals surface area (Å²) in [5.74, 6) is 0.453. The van der Waals surface area contributed by atoms with Crippen LogP contribution in [0.2, 0.25) is 0 Å². The van der Waals surface area contributed by atoms with Crippen molar-refractivity contribution in [3.63, 3.8) is 0 Å². The van der Waals surface area contributed by atoms with Crippen LogP contribution in [0.15, 0.2) is 0 Å². The first-order valence-electron chi connectivity index (χ1n) is 5.38. The lowest BCUT2D eigenvalue weighted by molar-refractivity contribution is 0.0405. The number of amides is 1. The van der Waals surface area contributed by atoms with E-state index in [0.717, 1.165) is 32.5 Å². The molecule has 0 aromatic rings. The number of carboxylic acid groups (broad SMARTS) is 1. The largest absolute Gasteiger partial charge is 0.465 e. The summed E-state index contributed by atoms with van der Waals surface area (Å²) in [6, 6.07) is -0.0887. The Morgan fingerprint density at radius 2 is 2.47 bits per heavy atom. The fourth-order valence-corrected chi connectivity index (χ4v) is 1.95. The molecule has 0 radical (unpaired) electrons. The minimum atomic E-state index is -0.915. The van der Waals surface area contributed by atoms with Gasteiger partial charge in [0.1, 0.15) is 0 Å². The van der Waals surface area contributed by atoms with E-state index in [1.807, 2.05) is 0 Å². The molecule has 1 heterocycles. The second-order valence-corrected chi connectivity index (χ2v) is 4.10. The summed E-state index contributed by atoms with van der Waals surface area (Å²) in [6.45, 7) is 1.95. The number of rotatable bonds is 4. The van der Waals surface area contributed by atoms with E-state index in [9.17, 15) is 4.79 Å². The fraction of sp³-hybridized carbons (Fsp3) is 0.900. The molecule has 88 valence electrons. The van der Waals surface area contributed by atoms with Crippen LogP contribution in [0.3, 0.4) is 0 Å². The first kappa shape index (κ1) is 12.3. The Labute approximate surface area is 90.2 Å². The summed E-state index contributed by atoms with van der Waals surface area (Å²) >= 11 is 0. The van der Waals surface area contributed by atoms with Crippen molar-refractivity contribution in [1.82, 2.24) is 4.90 Å². The minimum absolute atomic E-state index is 0.0887. The molecule has 5 nitrogen and oxygen atoms in total. The van der Waals surface area contributed by atoms with Crippen LogP contribution in [-0.4, -0.2) is 48.9 Å². The van der Waals surface area contributed by atoms with Crippen LogP contribution in [0.1, 0.15) is 19.3 Å². The van der Waals surface area contributed by atoms with Crippen LogP contribution in [0.25, 0.3) is 0 Å². The van der Waals surface area contributed by atoms with Crippen molar-refractivity contribution in [1.29, 1.82) is 0 Å². The number of ether oxygens (including phenoxy) is 1. The van der Waals surface area contributed by atoms with Crippen LogP contribution in [0.4, 0.5) is 4.79 Å². The first-order valence-corrected chi connectivity index (χ1v) is 5.38. The predicted octanol–water partition coefficient (Wildman–Crippen LogP) is 0.740. The third kappa shape index (κ3) is 3.68. The van der Waals surface area contributed by atoms with Crippen LogP contribution in [0, 0.1) is 5.92 Å². The number of nitrogens with two attached hydrogens (primary N) is 1. The maximum atomic E-state index is 10.8. The molecule has 2 atom stereocenters. The highest BCUT2D eigenvalue weighted by atomic mass is 16.5. The van der Waals surface area contributed by atoms with Gasteiger partial charge in [-0.2, -0.15) is 0 Å². The average Bonchev–Trinajstić information content (AvgIpc) is 2.26. The van der Waals surface area contributed by atoms with E-state index in [1.54, 1.807) is 7.05 Å². The summed E-state index contributed by atoms with van der Waals surface area (Å²) in [6.07, 6.45) is 2.07. The van der Waals surface area contributed by atoms with Gasteiger partial charge in [-0.15, -0.1) is 0 Å². The molecule has 0 aliphatic carbocycles. The van der Waals surface area contributed by atoms with Gasteiger partial charge in [0.15, 0.2) is 0 Å². The third-order valence-electron chi connectivity index (χ3n) is 2.98. The maximum Gasteiger partial charge on any atom is 0.407 e. The Balaban J connectivity index is 2.41. The van der Waals surface area contributed by atoms with Crippen LogP contribution in [-0.2, 0) is 4.74 Å². The van der Waals surface area contributed by atoms with E-state index in [1.165, 1.54) is 4.90 Å². The summed E-state index contributed by atoms with van der Waals surface area (Å²) < 4.78 is 5.36. The molecule has 0 bridgehead atoms. The lowest BCUT2D eigenvalue weighted by atomic mass is 9.94. The van der Waals surface area contributed by atoms with Gasteiger partial charge in [0.2, 0.25) is 0 Å². The third-order valence-corrected chi connectivity index (χ3v) is 2.98. The SMILES string of the molecule is CN(C(=O)O)C(CN)CC1CCCOC1. The van der Waals surface area contributed by atoms with Gasteiger partial charge in [0.05, 0.1) is 0 Å². The Hall–Kier alpha value is -0.810. The molecule has 1 amide bonds. The highest BCUT2D eigenvalue weighted by Gasteiger charge is 2.23. The second-order valence-electron chi connectivity index (χ2n) is 4.10. The molecule has 1 aliphatic heterocycles. The van der Waals surface area contributed by atoms with Crippen molar-refractivity contribution >= 4 is 6.09 Å². The molecule has 0 saturated carbocycles. The Morgan fingerprint density at radius 3 is 2.93 bits per heavy atom. The molecule has 3 N–H and O–H groups in total. The van der Waals surface area contributed by atoms with Crippen molar-refractivity contribution in [3.05, 3.63) is 0 Å². The summed E-state index contributed by atoms with van der Waals surface area (Å²) in [4.78, 5) is 12.1. The topological polar surface area (TPSA) is 75.8 Å². The van der Waals surface area contributed by atoms with E-state index < -0.39 is 6.09 Å². The van der Waals surface area contributed by atoms with Gasteiger partial charge in [0.25, 0.3) is 0 Å². The quantitative estimate of drug-likeness (QED) is 0.726. The van der Waals surface area contributed by atoms with Gasteiger partial charge in [-0.05, 0) is 25.2 Å². The Morgan fingerprint density at radius 1 is 1.73 bits per heavy atom. The minimum Gasteiger partial charge on any atom is -0.465 e. The van der Waals surface area contributed by atoms with Crippen LogP contribution in [0.5, 0.6) is 0 Å². The standard InChI is InChI=1S/C10H20N2O3/c1-12(10(13)14)9(6-11)5-8-3-2-4-15-7-8/h8-9H,2-7,11H2,1H3,(H,13,14). The summed E-state index contributed by atoms with van der Waals surface area (Å²) in [5, 5.41) is 8.85. The van der Waals surface area contributed by atoms with E-state index in [0.29, 0.717) is 12.5 Å². The zero-order valence-electron chi connectivity index (χ0n) is 9.19. The summed E-state index contributed by atoms with van der Waals surface area (Å²) in [7, 11) is 1.57. The van der Waals surface area contributed by atoms with Gasteiger partial charge in [0, 0.05) is 32.8 Å². The number of hydrogen-bond donors (Lipinski definition) is 2. The molecule has 1 rings (SSSR count). The highest BCUT2D eigenvalue weighted by molar-refractivity contribution is 5.64. The van der Waals surface area contributed by atoms with Crippen molar-refractivity contribution in [3.8, 4) is 0 Å². The summed E-state index contributed by atoms with van der Waals surface area (Å²) in [5.41, 5.74) is 5.58. The number of hydrogen-bond acceptors (Lipinski definition) is 3. The molecule has 0 spiro atoms.